The maximum absolute atomic E-state index is 12.0. The molecule has 0 spiro atoms. The maximum atomic E-state index is 12.0. The highest BCUT2D eigenvalue weighted by molar-refractivity contribution is 7.86. The first kappa shape index (κ1) is 14.2. The Balaban J connectivity index is 2.06. The van der Waals surface area contributed by atoms with Gasteiger partial charge in [-0.25, -0.2) is 0 Å². The molecule has 1 aromatic carbocycles. The van der Waals surface area contributed by atoms with Crippen LogP contribution < -0.4 is 0 Å². The van der Waals surface area contributed by atoms with Gasteiger partial charge in [-0.3, -0.25) is 4.18 Å². The van der Waals surface area contributed by atoms with E-state index < -0.39 is 15.9 Å². The number of rotatable bonds is 5. The van der Waals surface area contributed by atoms with Gasteiger partial charge in [0.1, 0.15) is 6.61 Å². The van der Waals surface area contributed by atoms with E-state index in [0.29, 0.717) is 13.2 Å². The normalized spacial score (nSPS) is 18.4. The summed E-state index contributed by atoms with van der Waals surface area (Å²) in [6.45, 7) is 5.96. The molecular weight excluding hydrogens is 268 g/mol. The van der Waals surface area contributed by atoms with Crippen LogP contribution in [0.3, 0.4) is 0 Å². The molecule has 0 radical (unpaired) electrons. The summed E-state index contributed by atoms with van der Waals surface area (Å²) in [6.07, 6.45) is 1.64. The Morgan fingerprint density at radius 3 is 2.42 bits per heavy atom. The van der Waals surface area contributed by atoms with Gasteiger partial charge in [-0.1, -0.05) is 24.8 Å². The van der Waals surface area contributed by atoms with Gasteiger partial charge in [-0.15, -0.1) is 0 Å². The molecule has 0 N–H and O–H groups in total. The first-order valence-electron chi connectivity index (χ1n) is 5.85. The average Bonchev–Trinajstić information content (AvgIpc) is 2.84. The Kier molecular flexibility index (Phi) is 4.05. The SMILES string of the molecule is C=Cc1ccc(S(=O)(=O)OCC2(C)OCCO2)cc1. The van der Waals surface area contributed by atoms with Crippen LogP contribution in [0.5, 0.6) is 0 Å². The van der Waals surface area contributed by atoms with E-state index in [1.165, 1.54) is 12.1 Å². The lowest BCUT2D eigenvalue weighted by atomic mass is 10.2. The lowest BCUT2D eigenvalue weighted by Gasteiger charge is -2.21. The van der Waals surface area contributed by atoms with Gasteiger partial charge in [0.15, 0.2) is 5.79 Å². The minimum atomic E-state index is -3.81. The van der Waals surface area contributed by atoms with Crippen molar-refractivity contribution in [1.82, 2.24) is 0 Å². The minimum absolute atomic E-state index is 0.0969. The molecule has 0 unspecified atom stereocenters. The van der Waals surface area contributed by atoms with Crippen LogP contribution in [0.1, 0.15) is 12.5 Å². The van der Waals surface area contributed by atoms with Crippen LogP contribution in [-0.2, 0) is 23.8 Å². The fraction of sp³-hybridized carbons (Fsp3) is 0.385. The van der Waals surface area contributed by atoms with Crippen molar-refractivity contribution < 1.29 is 22.1 Å². The van der Waals surface area contributed by atoms with E-state index in [9.17, 15) is 8.42 Å². The topological polar surface area (TPSA) is 61.8 Å². The molecule has 1 heterocycles. The molecular formula is C13H16O5S. The van der Waals surface area contributed by atoms with E-state index in [-0.39, 0.29) is 11.5 Å². The number of benzene rings is 1. The van der Waals surface area contributed by atoms with Gasteiger partial charge in [0, 0.05) is 0 Å². The Hall–Kier alpha value is -1.21. The minimum Gasteiger partial charge on any atom is -0.345 e. The Morgan fingerprint density at radius 1 is 1.32 bits per heavy atom. The molecule has 1 fully saturated rings. The molecule has 1 aliphatic rings. The molecule has 0 aromatic heterocycles. The Labute approximate surface area is 112 Å². The van der Waals surface area contributed by atoms with Crippen molar-refractivity contribution in [1.29, 1.82) is 0 Å². The average molecular weight is 284 g/mol. The number of hydrogen-bond donors (Lipinski definition) is 0. The van der Waals surface area contributed by atoms with Crippen LogP contribution in [0.2, 0.25) is 0 Å². The van der Waals surface area contributed by atoms with Gasteiger partial charge in [-0.05, 0) is 24.6 Å². The van der Waals surface area contributed by atoms with Crippen LogP contribution in [-0.4, -0.2) is 34.0 Å². The quantitative estimate of drug-likeness (QED) is 0.772. The lowest BCUT2D eigenvalue weighted by molar-refractivity contribution is -0.161. The van der Waals surface area contributed by atoms with Crippen LogP contribution in [0.15, 0.2) is 35.7 Å². The zero-order valence-corrected chi connectivity index (χ0v) is 11.5. The molecule has 1 saturated heterocycles. The van der Waals surface area contributed by atoms with E-state index in [1.54, 1.807) is 25.1 Å². The summed E-state index contributed by atoms with van der Waals surface area (Å²) in [5.74, 6) is -0.992. The highest BCUT2D eigenvalue weighted by atomic mass is 32.2. The second-order valence-corrected chi connectivity index (χ2v) is 5.94. The van der Waals surface area contributed by atoms with E-state index in [0.717, 1.165) is 5.56 Å². The smallest absolute Gasteiger partial charge is 0.297 e. The molecule has 0 atom stereocenters. The third-order valence-corrected chi connectivity index (χ3v) is 4.06. The van der Waals surface area contributed by atoms with E-state index >= 15 is 0 Å². The third-order valence-electron chi connectivity index (χ3n) is 2.78. The van der Waals surface area contributed by atoms with Gasteiger partial charge in [0.25, 0.3) is 10.1 Å². The van der Waals surface area contributed by atoms with Crippen molar-refractivity contribution >= 4 is 16.2 Å². The molecule has 0 saturated carbocycles. The fourth-order valence-corrected chi connectivity index (χ4v) is 2.64. The predicted molar refractivity (Wildman–Crippen MR) is 70.0 cm³/mol. The summed E-state index contributed by atoms with van der Waals surface area (Å²) >= 11 is 0. The lowest BCUT2D eigenvalue weighted by Crippen LogP contribution is -2.33. The van der Waals surface area contributed by atoms with Gasteiger partial charge in [0.2, 0.25) is 0 Å². The van der Waals surface area contributed by atoms with Gasteiger partial charge < -0.3 is 9.47 Å². The van der Waals surface area contributed by atoms with Gasteiger partial charge in [0.05, 0.1) is 18.1 Å². The monoisotopic (exact) mass is 284 g/mol. The summed E-state index contributed by atoms with van der Waals surface area (Å²) in [5, 5.41) is 0. The summed E-state index contributed by atoms with van der Waals surface area (Å²) < 4.78 is 39.5. The van der Waals surface area contributed by atoms with Crippen molar-refractivity contribution in [2.24, 2.45) is 0 Å². The molecule has 104 valence electrons. The highest BCUT2D eigenvalue weighted by Crippen LogP contribution is 2.22. The second kappa shape index (κ2) is 5.42. The van der Waals surface area contributed by atoms with Gasteiger partial charge >= 0.3 is 0 Å². The summed E-state index contributed by atoms with van der Waals surface area (Å²) in [4.78, 5) is 0.0969. The van der Waals surface area contributed by atoms with Crippen molar-refractivity contribution in [3.63, 3.8) is 0 Å². The van der Waals surface area contributed by atoms with E-state index in [2.05, 4.69) is 6.58 Å². The Bertz CT molecular complexity index is 541. The van der Waals surface area contributed by atoms with Crippen LogP contribution >= 0.6 is 0 Å². The molecule has 0 amide bonds. The summed E-state index contributed by atoms with van der Waals surface area (Å²) in [6, 6.07) is 6.27. The van der Waals surface area contributed by atoms with Crippen molar-refractivity contribution in [3.8, 4) is 0 Å². The molecule has 5 nitrogen and oxygen atoms in total. The zero-order chi connectivity index (χ0) is 13.9. The molecule has 6 heteroatoms. The first-order valence-corrected chi connectivity index (χ1v) is 7.26. The van der Waals surface area contributed by atoms with Gasteiger partial charge in [-0.2, -0.15) is 8.42 Å². The van der Waals surface area contributed by atoms with Crippen LogP contribution in [0.25, 0.3) is 6.08 Å². The maximum Gasteiger partial charge on any atom is 0.297 e. The van der Waals surface area contributed by atoms with Crippen LogP contribution in [0.4, 0.5) is 0 Å². The second-order valence-electron chi connectivity index (χ2n) is 4.32. The van der Waals surface area contributed by atoms with Crippen LogP contribution in [0, 0.1) is 0 Å². The molecule has 0 aliphatic carbocycles. The largest absolute Gasteiger partial charge is 0.345 e. The summed E-state index contributed by atoms with van der Waals surface area (Å²) in [7, 11) is -3.81. The third kappa shape index (κ3) is 3.42. The fourth-order valence-electron chi connectivity index (χ4n) is 1.66. The number of hydrogen-bond acceptors (Lipinski definition) is 5. The zero-order valence-electron chi connectivity index (χ0n) is 10.7. The first-order chi connectivity index (χ1) is 8.95. The van der Waals surface area contributed by atoms with Crippen molar-refractivity contribution in [3.05, 3.63) is 36.4 Å². The molecule has 19 heavy (non-hydrogen) atoms. The molecule has 1 aromatic rings. The number of ether oxygens (including phenoxy) is 2. The van der Waals surface area contributed by atoms with E-state index in [1.807, 2.05) is 0 Å². The highest BCUT2D eigenvalue weighted by Gasteiger charge is 2.33. The molecule has 0 bridgehead atoms. The van der Waals surface area contributed by atoms with Crippen molar-refractivity contribution in [2.75, 3.05) is 19.8 Å². The standard InChI is InChI=1S/C13H16O5S/c1-3-11-4-6-12(7-5-11)19(14,15)18-10-13(2)16-8-9-17-13/h3-7H,1,8-10H2,2H3. The molecule has 2 rings (SSSR count). The Morgan fingerprint density at radius 2 is 1.89 bits per heavy atom. The van der Waals surface area contributed by atoms with Crippen molar-refractivity contribution in [2.45, 2.75) is 17.6 Å². The van der Waals surface area contributed by atoms with E-state index in [4.69, 9.17) is 13.7 Å². The summed E-state index contributed by atoms with van der Waals surface area (Å²) in [5.41, 5.74) is 0.841. The predicted octanol–water partition coefficient (Wildman–Crippen LogP) is 1.80. The molecule has 1 aliphatic heterocycles.